The molecule has 0 radical (unpaired) electrons. The monoisotopic (exact) mass is 424 g/mol. The highest BCUT2D eigenvalue weighted by atomic mass is 14.3. The van der Waals surface area contributed by atoms with E-state index in [1.165, 1.54) is 79.2 Å². The van der Waals surface area contributed by atoms with Crippen LogP contribution in [-0.2, 0) is 12.8 Å². The predicted molar refractivity (Wildman–Crippen MR) is 139 cm³/mol. The standard InChI is InChI=1S/C32H40/c1-3-7-26-10-12-27(13-11-26)14-15-28-16-20-31(21-17-28)32-22-18-29(19-23-32)24-25(2)30-8-5-4-6-9-30/h4-6,8-9,16-23,25-27H,3,7,10-15,24H2,1-2H3/t25-,26?,27?/m0/s1. The van der Waals surface area contributed by atoms with Crippen LogP contribution in [0.1, 0.15) is 81.4 Å². The van der Waals surface area contributed by atoms with Gasteiger partial charge in [-0.3, -0.25) is 0 Å². The van der Waals surface area contributed by atoms with Crippen LogP contribution in [0.2, 0.25) is 0 Å². The first kappa shape index (κ1) is 22.8. The van der Waals surface area contributed by atoms with E-state index in [1.54, 1.807) is 0 Å². The molecule has 0 unspecified atom stereocenters. The van der Waals surface area contributed by atoms with Crippen molar-refractivity contribution in [2.45, 2.75) is 77.6 Å². The van der Waals surface area contributed by atoms with Gasteiger partial charge in [-0.05, 0) is 64.8 Å². The van der Waals surface area contributed by atoms with E-state index < -0.39 is 0 Å². The van der Waals surface area contributed by atoms with Crippen LogP contribution in [0, 0.1) is 11.8 Å². The number of benzene rings is 3. The Morgan fingerprint density at radius 1 is 0.656 bits per heavy atom. The minimum Gasteiger partial charge on any atom is -0.0654 e. The molecule has 3 aromatic rings. The van der Waals surface area contributed by atoms with E-state index in [4.69, 9.17) is 0 Å². The maximum absolute atomic E-state index is 2.35. The van der Waals surface area contributed by atoms with Gasteiger partial charge in [-0.1, -0.05) is 131 Å². The third-order valence-electron chi connectivity index (χ3n) is 7.66. The van der Waals surface area contributed by atoms with E-state index in [1.807, 2.05) is 0 Å². The molecule has 3 aromatic carbocycles. The van der Waals surface area contributed by atoms with Crippen LogP contribution in [0.25, 0.3) is 11.1 Å². The van der Waals surface area contributed by atoms with Gasteiger partial charge in [0.15, 0.2) is 0 Å². The van der Waals surface area contributed by atoms with Gasteiger partial charge in [0, 0.05) is 0 Å². The molecule has 0 nitrogen and oxygen atoms in total. The van der Waals surface area contributed by atoms with Gasteiger partial charge in [0.2, 0.25) is 0 Å². The molecule has 0 heteroatoms. The zero-order chi connectivity index (χ0) is 22.2. The van der Waals surface area contributed by atoms with Gasteiger partial charge in [-0.2, -0.15) is 0 Å². The smallest absolute Gasteiger partial charge is 0.0150 e. The molecule has 0 spiro atoms. The maximum Gasteiger partial charge on any atom is -0.0150 e. The lowest BCUT2D eigenvalue weighted by atomic mass is 9.78. The first-order chi connectivity index (χ1) is 15.7. The molecule has 1 aliphatic carbocycles. The van der Waals surface area contributed by atoms with Crippen LogP contribution < -0.4 is 0 Å². The van der Waals surface area contributed by atoms with Crippen molar-refractivity contribution in [2.75, 3.05) is 0 Å². The maximum atomic E-state index is 2.35. The van der Waals surface area contributed by atoms with Gasteiger partial charge >= 0.3 is 0 Å². The first-order valence-corrected chi connectivity index (χ1v) is 12.9. The second-order valence-corrected chi connectivity index (χ2v) is 10.1. The molecule has 4 rings (SSSR count). The van der Waals surface area contributed by atoms with Crippen molar-refractivity contribution in [1.82, 2.24) is 0 Å². The Kier molecular flexibility index (Phi) is 8.21. The highest BCUT2D eigenvalue weighted by Gasteiger charge is 2.20. The molecule has 168 valence electrons. The van der Waals surface area contributed by atoms with Crippen molar-refractivity contribution < 1.29 is 0 Å². The SMILES string of the molecule is CCCC1CCC(CCc2ccc(-c3ccc(C[C@H](C)c4ccccc4)cc3)cc2)CC1. The fourth-order valence-corrected chi connectivity index (χ4v) is 5.54. The molecule has 1 aliphatic rings. The molecular weight excluding hydrogens is 384 g/mol. The van der Waals surface area contributed by atoms with Crippen molar-refractivity contribution in [1.29, 1.82) is 0 Å². The van der Waals surface area contributed by atoms with Gasteiger partial charge in [-0.15, -0.1) is 0 Å². The average molecular weight is 425 g/mol. The summed E-state index contributed by atoms with van der Waals surface area (Å²) in [6.07, 6.45) is 12.3. The Morgan fingerprint density at radius 3 is 1.75 bits per heavy atom. The van der Waals surface area contributed by atoms with Crippen molar-refractivity contribution in [3.63, 3.8) is 0 Å². The van der Waals surface area contributed by atoms with E-state index in [-0.39, 0.29) is 0 Å². The van der Waals surface area contributed by atoms with Crippen molar-refractivity contribution >= 4 is 0 Å². The largest absolute Gasteiger partial charge is 0.0654 e. The number of aryl methyl sites for hydroxylation is 1. The summed E-state index contributed by atoms with van der Waals surface area (Å²) in [5.74, 6) is 2.51. The Bertz CT molecular complexity index is 912. The Labute approximate surface area is 196 Å². The third kappa shape index (κ3) is 6.35. The highest BCUT2D eigenvalue weighted by molar-refractivity contribution is 5.64. The second-order valence-electron chi connectivity index (χ2n) is 10.1. The molecule has 0 N–H and O–H groups in total. The van der Waals surface area contributed by atoms with Crippen LogP contribution in [0.3, 0.4) is 0 Å². The molecule has 0 heterocycles. The van der Waals surface area contributed by atoms with Crippen LogP contribution in [0.15, 0.2) is 78.9 Å². The minimum absolute atomic E-state index is 0.544. The van der Waals surface area contributed by atoms with E-state index >= 15 is 0 Å². The lowest BCUT2D eigenvalue weighted by Gasteiger charge is -2.28. The second kappa shape index (κ2) is 11.5. The third-order valence-corrected chi connectivity index (χ3v) is 7.66. The Hall–Kier alpha value is -2.34. The summed E-state index contributed by atoms with van der Waals surface area (Å²) < 4.78 is 0. The normalized spacial score (nSPS) is 19.6. The highest BCUT2D eigenvalue weighted by Crippen LogP contribution is 2.34. The summed E-state index contributed by atoms with van der Waals surface area (Å²) in [7, 11) is 0. The topological polar surface area (TPSA) is 0 Å². The van der Waals surface area contributed by atoms with Gasteiger partial charge < -0.3 is 0 Å². The lowest BCUT2D eigenvalue weighted by Crippen LogP contribution is -2.15. The van der Waals surface area contributed by atoms with Crippen molar-refractivity contribution in [3.8, 4) is 11.1 Å². The quantitative estimate of drug-likeness (QED) is 0.321. The molecule has 1 atom stereocenters. The molecule has 0 saturated heterocycles. The molecule has 0 aromatic heterocycles. The number of hydrogen-bond acceptors (Lipinski definition) is 0. The Balaban J connectivity index is 1.27. The summed E-state index contributed by atoms with van der Waals surface area (Å²) >= 11 is 0. The van der Waals surface area contributed by atoms with E-state index in [9.17, 15) is 0 Å². The minimum atomic E-state index is 0.544. The van der Waals surface area contributed by atoms with Gasteiger partial charge in [0.1, 0.15) is 0 Å². The van der Waals surface area contributed by atoms with Crippen LogP contribution in [-0.4, -0.2) is 0 Å². The molecule has 0 bridgehead atoms. The van der Waals surface area contributed by atoms with E-state index in [0.29, 0.717) is 5.92 Å². The van der Waals surface area contributed by atoms with Gasteiger partial charge in [0.05, 0.1) is 0 Å². The molecule has 32 heavy (non-hydrogen) atoms. The van der Waals surface area contributed by atoms with Gasteiger partial charge in [0.25, 0.3) is 0 Å². The summed E-state index contributed by atoms with van der Waals surface area (Å²) in [4.78, 5) is 0. The molecular formula is C32H40. The summed E-state index contributed by atoms with van der Waals surface area (Å²) in [5.41, 5.74) is 6.98. The first-order valence-electron chi connectivity index (χ1n) is 12.9. The molecule has 1 saturated carbocycles. The predicted octanol–water partition coefficient (Wildman–Crippen LogP) is 9.24. The van der Waals surface area contributed by atoms with E-state index in [2.05, 4.69) is 92.7 Å². The fraction of sp³-hybridized carbons (Fsp3) is 0.438. The van der Waals surface area contributed by atoms with Gasteiger partial charge in [-0.25, -0.2) is 0 Å². The van der Waals surface area contributed by atoms with E-state index in [0.717, 1.165) is 18.3 Å². The Morgan fingerprint density at radius 2 is 1.19 bits per heavy atom. The fourth-order valence-electron chi connectivity index (χ4n) is 5.54. The van der Waals surface area contributed by atoms with Crippen molar-refractivity contribution in [3.05, 3.63) is 95.6 Å². The number of rotatable bonds is 9. The van der Waals surface area contributed by atoms with Crippen molar-refractivity contribution in [2.24, 2.45) is 11.8 Å². The zero-order valence-corrected chi connectivity index (χ0v) is 20.1. The summed E-state index contributed by atoms with van der Waals surface area (Å²) in [5, 5.41) is 0. The van der Waals surface area contributed by atoms with Crippen LogP contribution >= 0.6 is 0 Å². The molecule has 1 fully saturated rings. The zero-order valence-electron chi connectivity index (χ0n) is 20.1. The van der Waals surface area contributed by atoms with Crippen LogP contribution in [0.4, 0.5) is 0 Å². The lowest BCUT2D eigenvalue weighted by molar-refractivity contribution is 0.252. The van der Waals surface area contributed by atoms with Crippen LogP contribution in [0.5, 0.6) is 0 Å². The number of hydrogen-bond donors (Lipinski definition) is 0. The summed E-state index contributed by atoms with van der Waals surface area (Å²) in [6.45, 7) is 4.65. The summed E-state index contributed by atoms with van der Waals surface area (Å²) in [6, 6.07) is 29.3. The molecule has 0 aliphatic heterocycles. The molecule has 0 amide bonds. The average Bonchev–Trinajstić information content (AvgIpc) is 2.85.